The van der Waals surface area contributed by atoms with Crippen LogP contribution in [-0.2, 0) is 9.59 Å². The summed E-state index contributed by atoms with van der Waals surface area (Å²) in [4.78, 5) is 26.9. The lowest BCUT2D eigenvalue weighted by Crippen LogP contribution is -2.39. The van der Waals surface area contributed by atoms with Gasteiger partial charge in [-0.25, -0.2) is 0 Å². The Morgan fingerprint density at radius 3 is 2.66 bits per heavy atom. The summed E-state index contributed by atoms with van der Waals surface area (Å²) in [6.07, 6.45) is 7.01. The molecule has 0 aromatic heterocycles. The average Bonchev–Trinajstić information content (AvgIpc) is 2.82. The van der Waals surface area contributed by atoms with E-state index < -0.39 is 0 Å². The number of benzene rings is 2. The summed E-state index contributed by atoms with van der Waals surface area (Å²) in [5.74, 6) is 1.64. The molecule has 0 saturated heterocycles. The van der Waals surface area contributed by atoms with Crippen molar-refractivity contribution in [2.75, 3.05) is 30.0 Å². The number of fused-ring (bicyclic) bond motifs is 1. The van der Waals surface area contributed by atoms with E-state index in [1.54, 1.807) is 4.90 Å². The first-order valence-corrected chi connectivity index (χ1v) is 11.7. The van der Waals surface area contributed by atoms with Crippen LogP contribution in [0.5, 0.6) is 11.5 Å². The van der Waals surface area contributed by atoms with Crippen LogP contribution in [0.3, 0.4) is 0 Å². The Morgan fingerprint density at radius 1 is 1.09 bits per heavy atom. The Kier molecular flexibility index (Phi) is 7.30. The summed E-state index contributed by atoms with van der Waals surface area (Å²) in [5, 5.41) is 3.04. The summed E-state index contributed by atoms with van der Waals surface area (Å²) in [6, 6.07) is 13.6. The van der Waals surface area contributed by atoms with Crippen LogP contribution in [-0.4, -0.2) is 31.6 Å². The van der Waals surface area contributed by atoms with Crippen molar-refractivity contribution in [3.63, 3.8) is 0 Å². The Hall–Kier alpha value is -3.02. The third-order valence-corrected chi connectivity index (χ3v) is 6.21. The maximum absolute atomic E-state index is 12.6. The number of nitrogens with one attached hydrogen (secondary N) is 1. The molecular weight excluding hydrogens is 404 g/mol. The van der Waals surface area contributed by atoms with E-state index in [1.165, 1.54) is 12.0 Å². The summed E-state index contributed by atoms with van der Waals surface area (Å²) in [5.41, 5.74) is 2.64. The molecule has 170 valence electrons. The monoisotopic (exact) mass is 436 g/mol. The minimum Gasteiger partial charge on any atom is -0.494 e. The second-order valence-corrected chi connectivity index (χ2v) is 8.71. The molecule has 6 nitrogen and oxygen atoms in total. The number of hydrogen-bond donors (Lipinski definition) is 1. The smallest absolute Gasteiger partial charge is 0.265 e. The van der Waals surface area contributed by atoms with Crippen molar-refractivity contribution < 1.29 is 19.1 Å². The number of hydrogen-bond acceptors (Lipinski definition) is 4. The number of ether oxygens (including phenoxy) is 2. The van der Waals surface area contributed by atoms with E-state index >= 15 is 0 Å². The maximum atomic E-state index is 12.6. The van der Waals surface area contributed by atoms with Gasteiger partial charge in [0.05, 0.1) is 12.3 Å². The first-order chi connectivity index (χ1) is 15.6. The first kappa shape index (κ1) is 22.2. The van der Waals surface area contributed by atoms with E-state index in [-0.39, 0.29) is 24.3 Å². The van der Waals surface area contributed by atoms with E-state index in [0.29, 0.717) is 24.6 Å². The zero-order valence-corrected chi connectivity index (χ0v) is 18.8. The van der Waals surface area contributed by atoms with Gasteiger partial charge in [0.2, 0.25) is 5.91 Å². The zero-order chi connectivity index (χ0) is 22.3. The third-order valence-electron chi connectivity index (χ3n) is 6.21. The number of rotatable bonds is 8. The summed E-state index contributed by atoms with van der Waals surface area (Å²) in [6.45, 7) is 3.28. The largest absolute Gasteiger partial charge is 0.494 e. The molecule has 0 bridgehead atoms. The average molecular weight is 437 g/mol. The lowest BCUT2D eigenvalue weighted by molar-refractivity contribution is -0.121. The number of amides is 2. The summed E-state index contributed by atoms with van der Waals surface area (Å²) < 4.78 is 11.4. The van der Waals surface area contributed by atoms with Gasteiger partial charge in [-0.1, -0.05) is 37.0 Å². The van der Waals surface area contributed by atoms with Crippen molar-refractivity contribution in [3.8, 4) is 11.5 Å². The molecule has 0 radical (unpaired) electrons. The standard InChI is InChI=1S/C26H32N2O4/c1-19-9-12-22(13-10-19)31-16-6-5-15-28-23-17-21(11-14-24(23)32-18-25(28)29)27-26(30)20-7-3-2-4-8-20/h9-14,17,20H,2-8,15-16,18H2,1H3,(H,27,30). The van der Waals surface area contributed by atoms with Gasteiger partial charge in [-0.3, -0.25) is 9.59 Å². The molecule has 2 amide bonds. The molecule has 2 aromatic carbocycles. The molecule has 1 heterocycles. The fraction of sp³-hybridized carbons (Fsp3) is 0.462. The van der Waals surface area contributed by atoms with Crippen LogP contribution < -0.4 is 19.7 Å². The SMILES string of the molecule is Cc1ccc(OCCCCN2C(=O)COc3ccc(NC(=O)C4CCCCC4)cc32)cc1. The van der Waals surface area contributed by atoms with Gasteiger partial charge in [-0.15, -0.1) is 0 Å². The molecular formula is C26H32N2O4. The number of anilines is 2. The van der Waals surface area contributed by atoms with Crippen LogP contribution in [0.2, 0.25) is 0 Å². The predicted octanol–water partition coefficient (Wildman–Crippen LogP) is 5.10. The first-order valence-electron chi connectivity index (χ1n) is 11.7. The Morgan fingerprint density at radius 2 is 1.88 bits per heavy atom. The second-order valence-electron chi connectivity index (χ2n) is 8.71. The highest BCUT2D eigenvalue weighted by atomic mass is 16.5. The fourth-order valence-electron chi connectivity index (χ4n) is 4.33. The molecule has 0 atom stereocenters. The van der Waals surface area contributed by atoms with Crippen LogP contribution in [0.4, 0.5) is 11.4 Å². The molecule has 0 unspecified atom stereocenters. The lowest BCUT2D eigenvalue weighted by Gasteiger charge is -2.30. The Labute approximate surface area is 189 Å². The molecule has 6 heteroatoms. The highest BCUT2D eigenvalue weighted by Gasteiger charge is 2.26. The van der Waals surface area contributed by atoms with Gasteiger partial charge in [-0.2, -0.15) is 0 Å². The fourth-order valence-corrected chi connectivity index (χ4v) is 4.33. The quantitative estimate of drug-likeness (QED) is 0.585. The molecule has 32 heavy (non-hydrogen) atoms. The van der Waals surface area contributed by atoms with Gasteiger partial charge in [-0.05, 0) is 62.9 Å². The van der Waals surface area contributed by atoms with Gasteiger partial charge < -0.3 is 19.7 Å². The predicted molar refractivity (Wildman–Crippen MR) is 125 cm³/mol. The molecule has 4 rings (SSSR count). The van der Waals surface area contributed by atoms with Gasteiger partial charge in [0.15, 0.2) is 6.61 Å². The zero-order valence-electron chi connectivity index (χ0n) is 18.8. The van der Waals surface area contributed by atoms with Gasteiger partial charge in [0, 0.05) is 18.2 Å². The van der Waals surface area contributed by atoms with Crippen LogP contribution >= 0.6 is 0 Å². The van der Waals surface area contributed by atoms with Gasteiger partial charge in [0.25, 0.3) is 5.91 Å². The topological polar surface area (TPSA) is 67.9 Å². The molecule has 1 aliphatic carbocycles. The van der Waals surface area contributed by atoms with Crippen LogP contribution in [0, 0.1) is 12.8 Å². The van der Waals surface area contributed by atoms with Crippen molar-refractivity contribution in [2.45, 2.75) is 51.9 Å². The summed E-state index contributed by atoms with van der Waals surface area (Å²) >= 11 is 0. The normalized spacial score (nSPS) is 16.3. The number of aryl methyl sites for hydroxylation is 1. The second kappa shape index (κ2) is 10.5. The molecule has 2 aliphatic rings. The van der Waals surface area contributed by atoms with Crippen molar-refractivity contribution >= 4 is 23.2 Å². The highest BCUT2D eigenvalue weighted by Crippen LogP contribution is 2.35. The van der Waals surface area contributed by atoms with E-state index in [9.17, 15) is 9.59 Å². The lowest BCUT2D eigenvalue weighted by atomic mass is 9.88. The number of carbonyl (C=O) groups is 2. The molecule has 1 aliphatic heterocycles. The van der Waals surface area contributed by atoms with Crippen molar-refractivity contribution in [3.05, 3.63) is 48.0 Å². The maximum Gasteiger partial charge on any atom is 0.265 e. The third kappa shape index (κ3) is 5.61. The molecule has 1 N–H and O–H groups in total. The van der Waals surface area contributed by atoms with E-state index in [4.69, 9.17) is 9.47 Å². The number of carbonyl (C=O) groups excluding carboxylic acids is 2. The van der Waals surface area contributed by atoms with Crippen LogP contribution in [0.1, 0.15) is 50.5 Å². The Balaban J connectivity index is 1.33. The Bertz CT molecular complexity index is 935. The van der Waals surface area contributed by atoms with Crippen molar-refractivity contribution in [2.24, 2.45) is 5.92 Å². The van der Waals surface area contributed by atoms with E-state index in [0.717, 1.165) is 50.0 Å². The van der Waals surface area contributed by atoms with Gasteiger partial charge >= 0.3 is 0 Å². The molecule has 0 spiro atoms. The minimum atomic E-state index is -0.0623. The van der Waals surface area contributed by atoms with E-state index in [2.05, 4.69) is 5.32 Å². The number of unbranched alkanes of at least 4 members (excludes halogenated alkanes) is 1. The van der Waals surface area contributed by atoms with Crippen molar-refractivity contribution in [1.29, 1.82) is 0 Å². The minimum absolute atomic E-state index is 0.0423. The highest BCUT2D eigenvalue weighted by molar-refractivity contribution is 5.99. The van der Waals surface area contributed by atoms with Crippen LogP contribution in [0.25, 0.3) is 0 Å². The van der Waals surface area contributed by atoms with Gasteiger partial charge in [0.1, 0.15) is 11.5 Å². The van der Waals surface area contributed by atoms with Crippen molar-refractivity contribution in [1.82, 2.24) is 0 Å². The molecule has 1 saturated carbocycles. The summed E-state index contributed by atoms with van der Waals surface area (Å²) in [7, 11) is 0. The molecule has 2 aromatic rings. The molecule has 1 fully saturated rings. The van der Waals surface area contributed by atoms with E-state index in [1.807, 2.05) is 49.4 Å². The number of nitrogens with zero attached hydrogens (tertiary/aromatic N) is 1. The van der Waals surface area contributed by atoms with Crippen LogP contribution in [0.15, 0.2) is 42.5 Å².